The number of carbonyl (C=O) groups is 1. The standard InChI is InChI=1S/C11H12BrClO/c1-2-8-3-4-9(10(12)7-8)11(14)5-6-13/h3-4,7H,2,5-6H2,1H3. The average molecular weight is 276 g/mol. The lowest BCUT2D eigenvalue weighted by molar-refractivity contribution is 0.0988. The van der Waals surface area contributed by atoms with Crippen LogP contribution >= 0.6 is 27.5 Å². The zero-order valence-corrected chi connectivity index (χ0v) is 10.4. The van der Waals surface area contributed by atoms with E-state index in [0.29, 0.717) is 12.3 Å². The first kappa shape index (κ1) is 11.7. The van der Waals surface area contributed by atoms with Crippen molar-refractivity contribution in [1.82, 2.24) is 0 Å². The minimum Gasteiger partial charge on any atom is -0.294 e. The lowest BCUT2D eigenvalue weighted by Crippen LogP contribution is -2.01. The first-order valence-electron chi connectivity index (χ1n) is 4.56. The highest BCUT2D eigenvalue weighted by Gasteiger charge is 2.09. The number of halogens is 2. The van der Waals surface area contributed by atoms with Gasteiger partial charge >= 0.3 is 0 Å². The molecule has 0 spiro atoms. The molecule has 0 radical (unpaired) electrons. The van der Waals surface area contributed by atoms with Crippen LogP contribution in [0.1, 0.15) is 29.3 Å². The van der Waals surface area contributed by atoms with E-state index in [-0.39, 0.29) is 5.78 Å². The van der Waals surface area contributed by atoms with Crippen LogP contribution in [0.15, 0.2) is 22.7 Å². The Kier molecular flexibility index (Phi) is 4.63. The molecule has 0 aliphatic rings. The monoisotopic (exact) mass is 274 g/mol. The normalized spacial score (nSPS) is 10.2. The van der Waals surface area contributed by atoms with Crippen LogP contribution < -0.4 is 0 Å². The van der Waals surface area contributed by atoms with Gasteiger partial charge in [-0.1, -0.05) is 28.9 Å². The van der Waals surface area contributed by atoms with E-state index in [4.69, 9.17) is 11.6 Å². The second kappa shape index (κ2) is 5.52. The summed E-state index contributed by atoms with van der Waals surface area (Å²) in [7, 11) is 0. The van der Waals surface area contributed by atoms with Crippen molar-refractivity contribution in [1.29, 1.82) is 0 Å². The van der Waals surface area contributed by atoms with E-state index in [9.17, 15) is 4.79 Å². The van der Waals surface area contributed by atoms with Crippen LogP contribution in [0.2, 0.25) is 0 Å². The molecule has 0 bridgehead atoms. The van der Waals surface area contributed by atoms with Gasteiger partial charge in [0.2, 0.25) is 0 Å². The second-order valence-corrected chi connectivity index (χ2v) is 4.26. The van der Waals surface area contributed by atoms with Crippen LogP contribution in [0, 0.1) is 0 Å². The maximum absolute atomic E-state index is 11.6. The highest BCUT2D eigenvalue weighted by atomic mass is 79.9. The molecule has 0 heterocycles. The van der Waals surface area contributed by atoms with E-state index in [1.54, 1.807) is 0 Å². The van der Waals surface area contributed by atoms with Gasteiger partial charge in [-0.05, 0) is 24.1 Å². The van der Waals surface area contributed by atoms with Gasteiger partial charge in [-0.25, -0.2) is 0 Å². The lowest BCUT2D eigenvalue weighted by Gasteiger charge is -2.04. The smallest absolute Gasteiger partial charge is 0.165 e. The maximum Gasteiger partial charge on any atom is 0.165 e. The van der Waals surface area contributed by atoms with Gasteiger partial charge in [0.15, 0.2) is 5.78 Å². The second-order valence-electron chi connectivity index (χ2n) is 3.03. The molecule has 0 saturated heterocycles. The van der Waals surface area contributed by atoms with Gasteiger partial charge in [-0.3, -0.25) is 4.79 Å². The van der Waals surface area contributed by atoms with Crippen LogP contribution in [0.25, 0.3) is 0 Å². The third-order valence-electron chi connectivity index (χ3n) is 2.06. The first-order valence-corrected chi connectivity index (χ1v) is 5.89. The van der Waals surface area contributed by atoms with E-state index < -0.39 is 0 Å². The van der Waals surface area contributed by atoms with Gasteiger partial charge in [-0.15, -0.1) is 11.6 Å². The van der Waals surface area contributed by atoms with Crippen LogP contribution in [0.3, 0.4) is 0 Å². The number of aryl methyl sites for hydroxylation is 1. The Morgan fingerprint density at radius 1 is 1.50 bits per heavy atom. The van der Waals surface area contributed by atoms with E-state index in [1.165, 1.54) is 5.56 Å². The zero-order chi connectivity index (χ0) is 10.6. The third kappa shape index (κ3) is 2.82. The van der Waals surface area contributed by atoms with Crippen molar-refractivity contribution in [2.24, 2.45) is 0 Å². The first-order chi connectivity index (χ1) is 6.69. The molecule has 3 heteroatoms. The van der Waals surface area contributed by atoms with Crippen LogP contribution in [0.4, 0.5) is 0 Å². The van der Waals surface area contributed by atoms with E-state index >= 15 is 0 Å². The van der Waals surface area contributed by atoms with E-state index in [1.807, 2.05) is 18.2 Å². The summed E-state index contributed by atoms with van der Waals surface area (Å²) in [4.78, 5) is 11.6. The Balaban J connectivity index is 2.94. The molecular weight excluding hydrogens is 263 g/mol. The molecule has 0 saturated carbocycles. The molecule has 0 fully saturated rings. The molecule has 0 N–H and O–H groups in total. The summed E-state index contributed by atoms with van der Waals surface area (Å²) in [6.45, 7) is 2.09. The molecule has 14 heavy (non-hydrogen) atoms. The summed E-state index contributed by atoms with van der Waals surface area (Å²) in [5, 5.41) is 0. The average Bonchev–Trinajstić information content (AvgIpc) is 2.17. The summed E-state index contributed by atoms with van der Waals surface area (Å²) in [6, 6.07) is 5.82. The number of Topliss-reactive ketones (excluding diaryl/α,β-unsaturated/α-hetero) is 1. The number of benzene rings is 1. The van der Waals surface area contributed by atoms with Crippen molar-refractivity contribution in [3.05, 3.63) is 33.8 Å². The largest absolute Gasteiger partial charge is 0.294 e. The molecule has 0 unspecified atom stereocenters. The van der Waals surface area contributed by atoms with Gasteiger partial charge in [0.05, 0.1) is 0 Å². The highest BCUT2D eigenvalue weighted by molar-refractivity contribution is 9.10. The predicted octanol–water partition coefficient (Wildman–Crippen LogP) is 3.82. The quantitative estimate of drug-likeness (QED) is 0.603. The Labute approximate surface area is 97.6 Å². The summed E-state index contributed by atoms with van der Waals surface area (Å²) in [5.74, 6) is 0.468. The lowest BCUT2D eigenvalue weighted by atomic mass is 10.1. The van der Waals surface area contributed by atoms with Gasteiger partial charge in [-0.2, -0.15) is 0 Å². The van der Waals surface area contributed by atoms with E-state index in [2.05, 4.69) is 22.9 Å². The molecule has 1 rings (SSSR count). The van der Waals surface area contributed by atoms with E-state index in [0.717, 1.165) is 16.5 Å². The number of hydrogen-bond acceptors (Lipinski definition) is 1. The highest BCUT2D eigenvalue weighted by Crippen LogP contribution is 2.20. The molecule has 1 aromatic rings. The SMILES string of the molecule is CCc1ccc(C(=O)CCCl)c(Br)c1. The van der Waals surface area contributed by atoms with Crippen LogP contribution in [0.5, 0.6) is 0 Å². The Hall–Kier alpha value is -0.340. The maximum atomic E-state index is 11.6. The summed E-state index contributed by atoms with van der Waals surface area (Å²) in [6.07, 6.45) is 1.37. The molecule has 0 aliphatic carbocycles. The minimum absolute atomic E-state index is 0.0922. The van der Waals surface area contributed by atoms with Crippen molar-refractivity contribution < 1.29 is 4.79 Å². The minimum atomic E-state index is 0.0922. The predicted molar refractivity (Wildman–Crippen MR) is 63.2 cm³/mol. The molecular formula is C11H12BrClO. The zero-order valence-electron chi connectivity index (χ0n) is 8.02. The number of alkyl halides is 1. The van der Waals surface area contributed by atoms with Gasteiger partial charge < -0.3 is 0 Å². The van der Waals surface area contributed by atoms with Gasteiger partial charge in [0.1, 0.15) is 0 Å². The molecule has 0 amide bonds. The topological polar surface area (TPSA) is 17.1 Å². The molecule has 0 aromatic heterocycles. The van der Waals surface area contributed by atoms with Crippen molar-refractivity contribution >= 4 is 33.3 Å². The van der Waals surface area contributed by atoms with Crippen molar-refractivity contribution in [3.63, 3.8) is 0 Å². The Morgan fingerprint density at radius 2 is 2.21 bits per heavy atom. The summed E-state index contributed by atoms with van der Waals surface area (Å²) in [5.41, 5.74) is 1.95. The van der Waals surface area contributed by atoms with Gasteiger partial charge in [0.25, 0.3) is 0 Å². The molecule has 76 valence electrons. The number of carbonyl (C=O) groups excluding carboxylic acids is 1. The summed E-state index contributed by atoms with van der Waals surface area (Å²) >= 11 is 8.92. The fourth-order valence-corrected chi connectivity index (χ4v) is 2.04. The van der Waals surface area contributed by atoms with Crippen molar-refractivity contribution in [3.8, 4) is 0 Å². The molecule has 1 nitrogen and oxygen atoms in total. The molecule has 0 atom stereocenters. The third-order valence-corrected chi connectivity index (χ3v) is 2.91. The van der Waals surface area contributed by atoms with Crippen LogP contribution in [-0.2, 0) is 6.42 Å². The van der Waals surface area contributed by atoms with Gasteiger partial charge in [0, 0.05) is 22.3 Å². The van der Waals surface area contributed by atoms with Crippen molar-refractivity contribution in [2.45, 2.75) is 19.8 Å². The van der Waals surface area contributed by atoms with Crippen LogP contribution in [-0.4, -0.2) is 11.7 Å². The van der Waals surface area contributed by atoms with Crippen molar-refractivity contribution in [2.75, 3.05) is 5.88 Å². The Bertz CT molecular complexity index is 336. The number of ketones is 1. The fraction of sp³-hybridized carbons (Fsp3) is 0.364. The molecule has 0 aliphatic heterocycles. The fourth-order valence-electron chi connectivity index (χ4n) is 1.23. The summed E-state index contributed by atoms with van der Waals surface area (Å²) < 4.78 is 0.868. The Morgan fingerprint density at radius 3 is 2.71 bits per heavy atom. The number of rotatable bonds is 4. The number of hydrogen-bond donors (Lipinski definition) is 0. The molecule has 1 aromatic carbocycles.